The van der Waals surface area contributed by atoms with Gasteiger partial charge in [-0.15, -0.1) is 10.2 Å². The van der Waals surface area contributed by atoms with Gasteiger partial charge < -0.3 is 9.47 Å². The Balaban J connectivity index is 2.06. The molecule has 0 aliphatic carbocycles. The molecule has 0 bridgehead atoms. The maximum Gasteiger partial charge on any atom is 0.129 e. The van der Waals surface area contributed by atoms with E-state index in [9.17, 15) is 0 Å². The largest absolute Gasteiger partial charge is 0.315 e. The fourth-order valence-electron chi connectivity index (χ4n) is 1.93. The molecule has 1 aliphatic rings. The molecule has 4 nitrogen and oxygen atoms in total. The quantitative estimate of drug-likeness (QED) is 0.642. The van der Waals surface area contributed by atoms with Gasteiger partial charge in [0, 0.05) is 6.04 Å². The molecule has 0 spiro atoms. The van der Waals surface area contributed by atoms with Gasteiger partial charge in [0.15, 0.2) is 0 Å². The zero-order valence-electron chi connectivity index (χ0n) is 8.27. The van der Waals surface area contributed by atoms with Crippen molar-refractivity contribution in [1.29, 1.82) is 0 Å². The second-order valence-corrected chi connectivity index (χ2v) is 3.82. The summed E-state index contributed by atoms with van der Waals surface area (Å²) in [4.78, 5) is 2.37. The van der Waals surface area contributed by atoms with Crippen LogP contribution in [-0.2, 0) is 0 Å². The van der Waals surface area contributed by atoms with E-state index in [0.29, 0.717) is 6.04 Å². The molecule has 2 rings (SSSR count). The minimum Gasteiger partial charge on any atom is -0.315 e. The molecule has 1 fully saturated rings. The van der Waals surface area contributed by atoms with E-state index in [0.717, 1.165) is 5.82 Å². The molecule has 13 heavy (non-hydrogen) atoms. The van der Waals surface area contributed by atoms with E-state index in [2.05, 4.69) is 26.7 Å². The highest BCUT2D eigenvalue weighted by molar-refractivity contribution is 4.87. The van der Waals surface area contributed by atoms with Crippen molar-refractivity contribution in [2.24, 2.45) is 0 Å². The van der Waals surface area contributed by atoms with Gasteiger partial charge in [-0.3, -0.25) is 0 Å². The highest BCUT2D eigenvalue weighted by Gasteiger charge is 2.19. The van der Waals surface area contributed by atoms with Crippen LogP contribution in [0.4, 0.5) is 0 Å². The predicted molar refractivity (Wildman–Crippen MR) is 50.5 cm³/mol. The molecule has 1 aliphatic heterocycles. The molecule has 0 amide bonds. The molecule has 1 aromatic heterocycles. The van der Waals surface area contributed by atoms with E-state index in [-0.39, 0.29) is 0 Å². The van der Waals surface area contributed by atoms with Crippen LogP contribution in [0, 0.1) is 6.92 Å². The van der Waals surface area contributed by atoms with Gasteiger partial charge in [-0.2, -0.15) is 0 Å². The molecule has 0 atom stereocenters. The van der Waals surface area contributed by atoms with Crippen LogP contribution >= 0.6 is 0 Å². The Morgan fingerprint density at radius 2 is 2.08 bits per heavy atom. The van der Waals surface area contributed by atoms with Crippen LogP contribution in [0.25, 0.3) is 0 Å². The fourth-order valence-corrected chi connectivity index (χ4v) is 1.93. The number of nitrogens with zero attached hydrogens (tertiary/aromatic N) is 4. The average Bonchev–Trinajstić information content (AvgIpc) is 2.53. The summed E-state index contributed by atoms with van der Waals surface area (Å²) in [6.45, 7) is 4.38. The van der Waals surface area contributed by atoms with Gasteiger partial charge in [-0.25, -0.2) is 0 Å². The van der Waals surface area contributed by atoms with Crippen molar-refractivity contribution in [2.75, 3.05) is 20.1 Å². The van der Waals surface area contributed by atoms with E-state index < -0.39 is 0 Å². The third kappa shape index (κ3) is 1.72. The summed E-state index contributed by atoms with van der Waals surface area (Å²) in [5.74, 6) is 1.04. The second kappa shape index (κ2) is 3.46. The third-order valence-corrected chi connectivity index (χ3v) is 2.83. The Morgan fingerprint density at radius 3 is 2.62 bits per heavy atom. The first-order valence-electron chi connectivity index (χ1n) is 4.82. The van der Waals surface area contributed by atoms with E-state index in [1.165, 1.54) is 25.9 Å². The van der Waals surface area contributed by atoms with Crippen molar-refractivity contribution in [3.8, 4) is 0 Å². The monoisotopic (exact) mass is 180 g/mol. The van der Waals surface area contributed by atoms with Crippen LogP contribution in [0.15, 0.2) is 6.33 Å². The number of hydrogen-bond donors (Lipinski definition) is 0. The number of rotatable bonds is 1. The first kappa shape index (κ1) is 8.69. The molecule has 1 aromatic rings. The third-order valence-electron chi connectivity index (χ3n) is 2.83. The van der Waals surface area contributed by atoms with Crippen LogP contribution in [-0.4, -0.2) is 39.8 Å². The van der Waals surface area contributed by atoms with Crippen molar-refractivity contribution >= 4 is 0 Å². The van der Waals surface area contributed by atoms with Gasteiger partial charge in [0.25, 0.3) is 0 Å². The van der Waals surface area contributed by atoms with Gasteiger partial charge >= 0.3 is 0 Å². The molecule has 1 saturated heterocycles. The summed E-state index contributed by atoms with van der Waals surface area (Å²) >= 11 is 0. The van der Waals surface area contributed by atoms with E-state index in [4.69, 9.17) is 0 Å². The molecule has 72 valence electrons. The first-order valence-corrected chi connectivity index (χ1v) is 4.82. The van der Waals surface area contributed by atoms with Crippen LogP contribution < -0.4 is 0 Å². The summed E-state index contributed by atoms with van der Waals surface area (Å²) in [6, 6.07) is 0.617. The molecule has 0 radical (unpaired) electrons. The van der Waals surface area contributed by atoms with Gasteiger partial charge in [0.2, 0.25) is 0 Å². The molecule has 4 heteroatoms. The van der Waals surface area contributed by atoms with Crippen LogP contribution in [0.1, 0.15) is 24.7 Å². The van der Waals surface area contributed by atoms with E-state index in [1.807, 2.05) is 13.3 Å². The van der Waals surface area contributed by atoms with Crippen molar-refractivity contribution in [3.05, 3.63) is 12.2 Å². The van der Waals surface area contributed by atoms with Crippen molar-refractivity contribution in [1.82, 2.24) is 19.7 Å². The lowest BCUT2D eigenvalue weighted by atomic mass is 10.1. The number of aromatic nitrogens is 3. The lowest BCUT2D eigenvalue weighted by Gasteiger charge is -2.29. The minimum absolute atomic E-state index is 0.617. The Bertz CT molecular complexity index is 273. The standard InChI is InChI=1S/C9H16N4/c1-8-11-10-7-13(8)9-3-5-12(2)6-4-9/h7,9H,3-6H2,1-2H3. The smallest absolute Gasteiger partial charge is 0.129 e. The van der Waals surface area contributed by atoms with Crippen LogP contribution in [0.2, 0.25) is 0 Å². The number of hydrogen-bond acceptors (Lipinski definition) is 3. The van der Waals surface area contributed by atoms with Crippen molar-refractivity contribution in [3.63, 3.8) is 0 Å². The highest BCUT2D eigenvalue weighted by Crippen LogP contribution is 2.21. The Morgan fingerprint density at radius 1 is 1.38 bits per heavy atom. The highest BCUT2D eigenvalue weighted by atomic mass is 15.3. The topological polar surface area (TPSA) is 34.0 Å². The average molecular weight is 180 g/mol. The maximum absolute atomic E-state index is 4.01. The van der Waals surface area contributed by atoms with E-state index >= 15 is 0 Å². The Labute approximate surface area is 78.6 Å². The molecular formula is C9H16N4. The summed E-state index contributed by atoms with van der Waals surface area (Å²) in [5.41, 5.74) is 0. The molecular weight excluding hydrogens is 164 g/mol. The molecule has 0 aromatic carbocycles. The summed E-state index contributed by atoms with van der Waals surface area (Å²) in [7, 11) is 2.18. The van der Waals surface area contributed by atoms with Crippen molar-refractivity contribution in [2.45, 2.75) is 25.8 Å². The Kier molecular flexibility index (Phi) is 2.31. The van der Waals surface area contributed by atoms with Crippen LogP contribution in [0.3, 0.4) is 0 Å². The van der Waals surface area contributed by atoms with Gasteiger partial charge in [0.05, 0.1) is 0 Å². The number of piperidine rings is 1. The first-order chi connectivity index (χ1) is 6.27. The number of likely N-dealkylation sites (tertiary alicyclic amines) is 1. The fraction of sp³-hybridized carbons (Fsp3) is 0.778. The number of aryl methyl sites for hydroxylation is 1. The van der Waals surface area contributed by atoms with E-state index in [1.54, 1.807) is 0 Å². The van der Waals surface area contributed by atoms with Gasteiger partial charge in [0.1, 0.15) is 12.2 Å². The maximum atomic E-state index is 4.01. The normalized spacial score (nSPS) is 20.8. The lowest BCUT2D eigenvalue weighted by Crippen LogP contribution is -2.31. The second-order valence-electron chi connectivity index (χ2n) is 3.82. The molecule has 2 heterocycles. The molecule has 0 saturated carbocycles. The summed E-state index contributed by atoms with van der Waals surface area (Å²) in [5, 5.41) is 7.93. The van der Waals surface area contributed by atoms with Crippen molar-refractivity contribution < 1.29 is 0 Å². The Hall–Kier alpha value is -0.900. The summed E-state index contributed by atoms with van der Waals surface area (Å²) < 4.78 is 2.20. The molecule has 0 unspecified atom stereocenters. The SMILES string of the molecule is Cc1nncn1C1CCN(C)CC1. The summed E-state index contributed by atoms with van der Waals surface area (Å²) in [6.07, 6.45) is 4.29. The van der Waals surface area contributed by atoms with Gasteiger partial charge in [-0.1, -0.05) is 0 Å². The predicted octanol–water partition coefficient (Wildman–Crippen LogP) is 0.853. The lowest BCUT2D eigenvalue weighted by molar-refractivity contribution is 0.219. The molecule has 0 N–H and O–H groups in total. The zero-order chi connectivity index (χ0) is 9.26. The minimum atomic E-state index is 0.617. The van der Waals surface area contributed by atoms with Gasteiger partial charge in [-0.05, 0) is 39.9 Å². The zero-order valence-corrected chi connectivity index (χ0v) is 8.27. The van der Waals surface area contributed by atoms with Crippen LogP contribution in [0.5, 0.6) is 0 Å².